The summed E-state index contributed by atoms with van der Waals surface area (Å²) in [5.41, 5.74) is 0. The number of piperidine rings is 2. The van der Waals surface area contributed by atoms with Gasteiger partial charge in [-0.15, -0.1) is 0 Å². The Kier molecular flexibility index (Phi) is 6.15. The van der Waals surface area contributed by atoms with Crippen LogP contribution < -0.4 is 14.7 Å². The summed E-state index contributed by atoms with van der Waals surface area (Å²) in [5.74, 6) is 3.20. The Hall–Kier alpha value is -1.94. The monoisotopic (exact) mass is 450 g/mol. The quantitative estimate of drug-likeness (QED) is 0.687. The van der Waals surface area contributed by atoms with Crippen LogP contribution in [0.2, 0.25) is 0 Å². The molecule has 10 heteroatoms. The van der Waals surface area contributed by atoms with Gasteiger partial charge in [0.15, 0.2) is 9.84 Å². The molecule has 164 valence electrons. The number of hydrogen-bond acceptors (Lipinski definition) is 9. The van der Waals surface area contributed by atoms with E-state index in [-0.39, 0.29) is 4.90 Å². The Labute approximate surface area is 183 Å². The SMILES string of the molecule is CN(C)c1nsc(N2CCC(C3CCN(c4ccc(S(C)(=O)=O)cn4)CC3)CC2)n1. The third-order valence-corrected chi connectivity index (χ3v) is 8.16. The first kappa shape index (κ1) is 21.3. The lowest BCUT2D eigenvalue weighted by Gasteiger charge is -2.40. The standard InChI is InChI=1S/C20H30N6O2S2/c1-24(2)19-22-20(29-23-19)26-12-8-16(9-13-26)15-6-10-25(11-7-15)18-5-4-17(14-21-18)30(3,27)28/h4-5,14-16H,6-13H2,1-3H3. The zero-order chi connectivity index (χ0) is 21.3. The van der Waals surface area contributed by atoms with Crippen LogP contribution >= 0.6 is 11.5 Å². The van der Waals surface area contributed by atoms with Gasteiger partial charge in [-0.1, -0.05) is 0 Å². The first-order valence-corrected chi connectivity index (χ1v) is 13.1. The Morgan fingerprint density at radius 1 is 1.00 bits per heavy atom. The van der Waals surface area contributed by atoms with E-state index in [1.54, 1.807) is 6.07 Å². The average molecular weight is 451 g/mol. The Bertz CT molecular complexity index is 944. The van der Waals surface area contributed by atoms with Crippen molar-refractivity contribution in [3.05, 3.63) is 18.3 Å². The first-order chi connectivity index (χ1) is 14.3. The molecular weight excluding hydrogens is 420 g/mol. The van der Waals surface area contributed by atoms with Gasteiger partial charge in [-0.2, -0.15) is 9.36 Å². The molecule has 2 aliphatic rings. The molecular formula is C20H30N6O2S2. The second-order valence-corrected chi connectivity index (χ2v) is 11.3. The Morgan fingerprint density at radius 3 is 2.07 bits per heavy atom. The molecule has 0 radical (unpaired) electrons. The second-order valence-electron chi connectivity index (χ2n) is 8.54. The minimum atomic E-state index is -3.20. The van der Waals surface area contributed by atoms with Crippen LogP contribution in [0.4, 0.5) is 16.9 Å². The molecule has 0 spiro atoms. The summed E-state index contributed by atoms with van der Waals surface area (Å²) in [6, 6.07) is 3.49. The zero-order valence-corrected chi connectivity index (χ0v) is 19.5. The Morgan fingerprint density at radius 2 is 1.60 bits per heavy atom. The molecule has 4 heterocycles. The maximum atomic E-state index is 11.6. The van der Waals surface area contributed by atoms with Crippen LogP contribution in [0.1, 0.15) is 25.7 Å². The third-order valence-electron chi connectivity index (χ3n) is 6.29. The van der Waals surface area contributed by atoms with Crippen LogP contribution in [0.5, 0.6) is 0 Å². The van der Waals surface area contributed by atoms with Crippen molar-refractivity contribution in [3.8, 4) is 0 Å². The van der Waals surface area contributed by atoms with Crippen LogP contribution in [0.3, 0.4) is 0 Å². The summed E-state index contributed by atoms with van der Waals surface area (Å²) in [5, 5.41) is 1.04. The lowest BCUT2D eigenvalue weighted by Crippen LogP contribution is -2.41. The fourth-order valence-corrected chi connectivity index (χ4v) is 5.81. The van der Waals surface area contributed by atoms with Gasteiger partial charge in [-0.25, -0.2) is 13.4 Å². The van der Waals surface area contributed by atoms with Gasteiger partial charge in [0.05, 0.1) is 4.90 Å². The van der Waals surface area contributed by atoms with E-state index in [0.29, 0.717) is 0 Å². The fraction of sp³-hybridized carbons (Fsp3) is 0.650. The maximum Gasteiger partial charge on any atom is 0.238 e. The van der Waals surface area contributed by atoms with Gasteiger partial charge in [0.25, 0.3) is 0 Å². The lowest BCUT2D eigenvalue weighted by atomic mass is 9.79. The predicted molar refractivity (Wildman–Crippen MR) is 121 cm³/mol. The summed E-state index contributed by atoms with van der Waals surface area (Å²) in [6.45, 7) is 4.08. The van der Waals surface area contributed by atoms with Gasteiger partial charge in [-0.05, 0) is 49.7 Å². The van der Waals surface area contributed by atoms with E-state index in [9.17, 15) is 8.42 Å². The van der Waals surface area contributed by atoms with Crippen LogP contribution in [-0.2, 0) is 9.84 Å². The predicted octanol–water partition coefficient (Wildman–Crippen LogP) is 2.54. The molecule has 2 fully saturated rings. The number of sulfone groups is 1. The number of nitrogens with zero attached hydrogens (tertiary/aromatic N) is 6. The topological polar surface area (TPSA) is 82.5 Å². The molecule has 2 aromatic rings. The average Bonchev–Trinajstić information content (AvgIpc) is 3.24. The molecule has 30 heavy (non-hydrogen) atoms. The van der Waals surface area contributed by atoms with Gasteiger partial charge in [0.1, 0.15) is 5.82 Å². The van der Waals surface area contributed by atoms with Gasteiger partial charge < -0.3 is 14.7 Å². The van der Waals surface area contributed by atoms with E-state index in [2.05, 4.69) is 24.1 Å². The highest BCUT2D eigenvalue weighted by Gasteiger charge is 2.31. The summed E-state index contributed by atoms with van der Waals surface area (Å²) >= 11 is 1.49. The highest BCUT2D eigenvalue weighted by molar-refractivity contribution is 7.90. The summed E-state index contributed by atoms with van der Waals surface area (Å²) in [7, 11) is 0.748. The molecule has 0 aliphatic carbocycles. The fourth-order valence-electron chi connectivity index (χ4n) is 4.46. The van der Waals surface area contributed by atoms with Gasteiger partial charge in [-0.3, -0.25) is 0 Å². The molecule has 0 aromatic carbocycles. The Balaban J connectivity index is 1.28. The minimum absolute atomic E-state index is 0.279. The number of aromatic nitrogens is 3. The van der Waals surface area contributed by atoms with Crippen LogP contribution in [-0.4, -0.2) is 69.3 Å². The molecule has 0 unspecified atom stereocenters. The third kappa shape index (κ3) is 4.69. The van der Waals surface area contributed by atoms with Crippen molar-refractivity contribution in [2.24, 2.45) is 11.8 Å². The molecule has 0 N–H and O–H groups in total. The number of anilines is 3. The minimum Gasteiger partial charge on any atom is -0.357 e. The normalized spacial score (nSPS) is 19.3. The molecule has 2 saturated heterocycles. The number of rotatable bonds is 5. The molecule has 8 nitrogen and oxygen atoms in total. The van der Waals surface area contributed by atoms with E-state index in [0.717, 1.165) is 54.9 Å². The van der Waals surface area contributed by atoms with Crippen molar-refractivity contribution in [1.29, 1.82) is 0 Å². The molecule has 2 aromatic heterocycles. The van der Waals surface area contributed by atoms with Crippen LogP contribution in [0.25, 0.3) is 0 Å². The molecule has 4 rings (SSSR count). The molecule has 0 bridgehead atoms. The van der Waals surface area contributed by atoms with Crippen LogP contribution in [0, 0.1) is 11.8 Å². The molecule has 2 aliphatic heterocycles. The van der Waals surface area contributed by atoms with E-state index in [4.69, 9.17) is 0 Å². The first-order valence-electron chi connectivity index (χ1n) is 10.5. The molecule has 0 amide bonds. The van der Waals surface area contributed by atoms with Crippen molar-refractivity contribution >= 4 is 38.3 Å². The van der Waals surface area contributed by atoms with E-state index >= 15 is 0 Å². The summed E-state index contributed by atoms with van der Waals surface area (Å²) in [6.07, 6.45) is 7.45. The van der Waals surface area contributed by atoms with E-state index in [1.807, 2.05) is 25.1 Å². The lowest BCUT2D eigenvalue weighted by molar-refractivity contribution is 0.233. The molecule has 0 saturated carbocycles. The van der Waals surface area contributed by atoms with E-state index < -0.39 is 9.84 Å². The van der Waals surface area contributed by atoms with Crippen molar-refractivity contribution < 1.29 is 8.42 Å². The van der Waals surface area contributed by atoms with Gasteiger partial charge >= 0.3 is 0 Å². The van der Waals surface area contributed by atoms with Gasteiger partial charge in [0, 0.05) is 64.3 Å². The van der Waals surface area contributed by atoms with Gasteiger partial charge in [0.2, 0.25) is 11.1 Å². The number of pyridine rings is 1. The van der Waals surface area contributed by atoms with Crippen molar-refractivity contribution in [2.75, 3.05) is 61.2 Å². The summed E-state index contributed by atoms with van der Waals surface area (Å²) in [4.78, 5) is 15.9. The largest absolute Gasteiger partial charge is 0.357 e. The second kappa shape index (κ2) is 8.66. The maximum absolute atomic E-state index is 11.6. The smallest absolute Gasteiger partial charge is 0.238 e. The molecule has 0 atom stereocenters. The van der Waals surface area contributed by atoms with E-state index in [1.165, 1.54) is 49.7 Å². The van der Waals surface area contributed by atoms with Crippen LogP contribution in [0.15, 0.2) is 23.2 Å². The zero-order valence-electron chi connectivity index (χ0n) is 17.9. The van der Waals surface area contributed by atoms with Crippen molar-refractivity contribution in [2.45, 2.75) is 30.6 Å². The summed E-state index contributed by atoms with van der Waals surface area (Å²) < 4.78 is 27.7. The van der Waals surface area contributed by atoms with Crippen molar-refractivity contribution in [1.82, 2.24) is 14.3 Å². The number of hydrogen-bond donors (Lipinski definition) is 0. The highest BCUT2D eigenvalue weighted by Crippen LogP contribution is 2.35. The highest BCUT2D eigenvalue weighted by atomic mass is 32.2. The van der Waals surface area contributed by atoms with Crippen molar-refractivity contribution in [3.63, 3.8) is 0 Å².